The van der Waals surface area contributed by atoms with Crippen LogP contribution in [0, 0.1) is 0 Å². The second kappa shape index (κ2) is 5.73. The van der Waals surface area contributed by atoms with Gasteiger partial charge in [-0.15, -0.1) is 0 Å². The molecule has 0 aliphatic heterocycles. The molecule has 0 aliphatic rings. The number of rotatable bonds is 4. The molecule has 0 unspecified atom stereocenters. The van der Waals surface area contributed by atoms with Crippen molar-refractivity contribution in [1.82, 2.24) is 0 Å². The van der Waals surface area contributed by atoms with Gasteiger partial charge in [-0.1, -0.05) is 34.8 Å². The van der Waals surface area contributed by atoms with Crippen molar-refractivity contribution >= 4 is 40.6 Å². The van der Waals surface area contributed by atoms with Crippen LogP contribution < -0.4 is 4.74 Å². The summed E-state index contributed by atoms with van der Waals surface area (Å²) in [6, 6.07) is 3.81. The van der Waals surface area contributed by atoms with Crippen molar-refractivity contribution in [2.45, 2.75) is 16.3 Å². The minimum absolute atomic E-state index is 0.0901. The molecule has 0 saturated carbocycles. The van der Waals surface area contributed by atoms with Crippen molar-refractivity contribution in [3.8, 4) is 5.75 Å². The molecule has 0 fully saturated rings. The maximum absolute atomic E-state index is 12.6. The minimum Gasteiger partial charge on any atom is -0.428 e. The first-order chi connectivity index (χ1) is 8.54. The van der Waals surface area contributed by atoms with E-state index in [1.165, 1.54) is 0 Å². The maximum Gasteiger partial charge on any atom is 0.461 e. The van der Waals surface area contributed by atoms with Crippen LogP contribution in [0.2, 0.25) is 0 Å². The molecule has 1 rings (SSSR count). The molecule has 0 saturated heterocycles. The van der Waals surface area contributed by atoms with E-state index in [-0.39, 0.29) is 5.56 Å². The highest BCUT2D eigenvalue weighted by molar-refractivity contribution is 6.77. The van der Waals surface area contributed by atoms with Crippen molar-refractivity contribution in [2.24, 2.45) is 0 Å². The standard InChI is InChI=1S/C10H5Cl3F4O2/c11-9(12,13)7(18)5-1-3-6(4-2-5)19-10(16,17)8(14)15/h1-4,8H. The Kier molecular flexibility index (Phi) is 4.92. The predicted octanol–water partition coefficient (Wildman–Crippen LogP) is 4.48. The van der Waals surface area contributed by atoms with Gasteiger partial charge in [0.15, 0.2) is 0 Å². The molecule has 2 nitrogen and oxygen atoms in total. The average Bonchev–Trinajstić information content (AvgIpc) is 2.27. The molecular formula is C10H5Cl3F4O2. The van der Waals surface area contributed by atoms with Crippen LogP contribution in [0.4, 0.5) is 17.6 Å². The number of ketones is 1. The molecular weight excluding hydrogens is 334 g/mol. The predicted molar refractivity (Wildman–Crippen MR) is 62.6 cm³/mol. The molecule has 1 aromatic carbocycles. The van der Waals surface area contributed by atoms with Crippen LogP contribution in [0.15, 0.2) is 24.3 Å². The van der Waals surface area contributed by atoms with Crippen molar-refractivity contribution in [3.05, 3.63) is 29.8 Å². The van der Waals surface area contributed by atoms with E-state index in [0.717, 1.165) is 24.3 Å². The molecule has 106 valence electrons. The highest BCUT2D eigenvalue weighted by atomic mass is 35.6. The summed E-state index contributed by atoms with van der Waals surface area (Å²) in [4.78, 5) is 11.5. The first-order valence-electron chi connectivity index (χ1n) is 4.60. The lowest BCUT2D eigenvalue weighted by Gasteiger charge is -2.17. The van der Waals surface area contributed by atoms with Crippen LogP contribution in [-0.4, -0.2) is 22.1 Å². The molecule has 19 heavy (non-hydrogen) atoms. The molecule has 1 aromatic rings. The Morgan fingerprint density at radius 2 is 1.58 bits per heavy atom. The number of halogens is 7. The van der Waals surface area contributed by atoms with E-state index in [4.69, 9.17) is 34.8 Å². The number of hydrogen-bond acceptors (Lipinski definition) is 2. The van der Waals surface area contributed by atoms with Crippen LogP contribution in [0.5, 0.6) is 5.75 Å². The smallest absolute Gasteiger partial charge is 0.428 e. The average molecular weight is 339 g/mol. The summed E-state index contributed by atoms with van der Waals surface area (Å²) in [5.74, 6) is -1.43. The van der Waals surface area contributed by atoms with Gasteiger partial charge >= 0.3 is 12.5 Å². The fraction of sp³-hybridized carbons (Fsp3) is 0.300. The Morgan fingerprint density at radius 3 is 1.95 bits per heavy atom. The molecule has 9 heteroatoms. The lowest BCUT2D eigenvalue weighted by atomic mass is 10.1. The summed E-state index contributed by atoms with van der Waals surface area (Å²) in [5, 5.41) is 0. The summed E-state index contributed by atoms with van der Waals surface area (Å²) in [6.07, 6.45) is -8.60. The Hall–Kier alpha value is -0.720. The lowest BCUT2D eigenvalue weighted by Crippen LogP contribution is -2.33. The molecule has 0 bridgehead atoms. The molecule has 0 aromatic heterocycles. The zero-order chi connectivity index (χ0) is 14.8. The quantitative estimate of drug-likeness (QED) is 0.459. The Bertz CT molecular complexity index is 457. The second-order valence-corrected chi connectivity index (χ2v) is 5.60. The summed E-state index contributed by atoms with van der Waals surface area (Å²) < 4.78 is 50.5. The zero-order valence-electron chi connectivity index (χ0n) is 8.85. The molecule has 0 amide bonds. The van der Waals surface area contributed by atoms with Gasteiger partial charge in [0.05, 0.1) is 0 Å². The van der Waals surface area contributed by atoms with Gasteiger partial charge in [0.2, 0.25) is 5.78 Å². The SMILES string of the molecule is O=C(c1ccc(OC(F)(F)C(F)F)cc1)C(Cl)(Cl)Cl. The third kappa shape index (κ3) is 4.40. The maximum atomic E-state index is 12.6. The van der Waals surface area contributed by atoms with Gasteiger partial charge in [-0.05, 0) is 24.3 Å². The number of carbonyl (C=O) groups excluding carboxylic acids is 1. The number of Topliss-reactive ketones (excluding diaryl/α,β-unsaturated/α-hetero) is 1. The monoisotopic (exact) mass is 338 g/mol. The lowest BCUT2D eigenvalue weighted by molar-refractivity contribution is -0.253. The molecule has 0 N–H and O–H groups in total. The van der Waals surface area contributed by atoms with Gasteiger partial charge in [-0.3, -0.25) is 4.79 Å². The number of carbonyl (C=O) groups is 1. The Labute approximate surface area is 120 Å². The number of benzene rings is 1. The highest BCUT2D eigenvalue weighted by Gasteiger charge is 2.44. The fourth-order valence-corrected chi connectivity index (χ4v) is 1.37. The van der Waals surface area contributed by atoms with E-state index in [1.54, 1.807) is 0 Å². The van der Waals surface area contributed by atoms with Crippen molar-refractivity contribution in [2.75, 3.05) is 0 Å². The topological polar surface area (TPSA) is 26.3 Å². The number of ether oxygens (including phenoxy) is 1. The van der Waals surface area contributed by atoms with Gasteiger partial charge in [0, 0.05) is 5.56 Å². The van der Waals surface area contributed by atoms with E-state index in [9.17, 15) is 22.4 Å². The normalized spacial score (nSPS) is 12.6. The van der Waals surface area contributed by atoms with E-state index in [0.29, 0.717) is 0 Å². The van der Waals surface area contributed by atoms with E-state index >= 15 is 0 Å². The van der Waals surface area contributed by atoms with Crippen LogP contribution in [0.25, 0.3) is 0 Å². The fourth-order valence-electron chi connectivity index (χ4n) is 1.04. The summed E-state index contributed by atoms with van der Waals surface area (Å²) in [7, 11) is 0. The minimum atomic E-state index is -4.62. The van der Waals surface area contributed by atoms with Gasteiger partial charge in [0.25, 0.3) is 3.79 Å². The summed E-state index contributed by atoms with van der Waals surface area (Å²) >= 11 is 16.0. The van der Waals surface area contributed by atoms with Crippen LogP contribution in [0.3, 0.4) is 0 Å². The zero-order valence-corrected chi connectivity index (χ0v) is 11.1. The molecule has 0 atom stereocenters. The Balaban J connectivity index is 2.86. The summed E-state index contributed by atoms with van der Waals surface area (Å²) in [5.41, 5.74) is -0.0901. The second-order valence-electron chi connectivity index (χ2n) is 3.32. The van der Waals surface area contributed by atoms with E-state index in [1.807, 2.05) is 0 Å². The first-order valence-corrected chi connectivity index (χ1v) is 5.74. The van der Waals surface area contributed by atoms with Crippen LogP contribution >= 0.6 is 34.8 Å². The molecule has 0 radical (unpaired) electrons. The van der Waals surface area contributed by atoms with Crippen LogP contribution in [-0.2, 0) is 0 Å². The number of alkyl halides is 7. The van der Waals surface area contributed by atoms with Gasteiger partial charge in [-0.2, -0.15) is 17.6 Å². The summed E-state index contributed by atoms with van der Waals surface area (Å²) in [6.45, 7) is 0. The first kappa shape index (κ1) is 16.3. The van der Waals surface area contributed by atoms with E-state index < -0.39 is 27.9 Å². The van der Waals surface area contributed by atoms with E-state index in [2.05, 4.69) is 4.74 Å². The largest absolute Gasteiger partial charge is 0.461 e. The Morgan fingerprint density at radius 1 is 1.11 bits per heavy atom. The van der Waals surface area contributed by atoms with Gasteiger partial charge < -0.3 is 4.74 Å². The highest BCUT2D eigenvalue weighted by Crippen LogP contribution is 2.32. The van der Waals surface area contributed by atoms with Crippen molar-refractivity contribution in [3.63, 3.8) is 0 Å². The van der Waals surface area contributed by atoms with Crippen LogP contribution in [0.1, 0.15) is 10.4 Å². The molecule has 0 heterocycles. The number of hydrogen-bond donors (Lipinski definition) is 0. The van der Waals surface area contributed by atoms with Crippen molar-refractivity contribution < 1.29 is 27.1 Å². The van der Waals surface area contributed by atoms with Gasteiger partial charge in [0.1, 0.15) is 5.75 Å². The van der Waals surface area contributed by atoms with Gasteiger partial charge in [-0.25, -0.2) is 0 Å². The van der Waals surface area contributed by atoms with Crippen molar-refractivity contribution in [1.29, 1.82) is 0 Å². The molecule has 0 spiro atoms. The molecule has 0 aliphatic carbocycles. The third-order valence-electron chi connectivity index (χ3n) is 1.88. The third-order valence-corrected chi connectivity index (χ3v) is 2.40.